The molecule has 1 saturated heterocycles. The number of methoxy groups -OCH3 is 1. The number of piperidine rings is 1. The van der Waals surface area contributed by atoms with E-state index in [0.29, 0.717) is 13.2 Å². The molecule has 28 heavy (non-hydrogen) atoms. The number of esters is 1. The lowest BCUT2D eigenvalue weighted by Crippen LogP contribution is -2.40. The lowest BCUT2D eigenvalue weighted by atomic mass is 9.98. The maximum atomic E-state index is 12.0. The first-order valence-electron chi connectivity index (χ1n) is 10.4. The zero-order valence-electron chi connectivity index (χ0n) is 17.3. The number of benzene rings is 1. The lowest BCUT2D eigenvalue weighted by Gasteiger charge is -2.30. The summed E-state index contributed by atoms with van der Waals surface area (Å²) in [6.45, 7) is 6.08. The number of rotatable bonds is 12. The minimum absolute atomic E-state index is 0.0159. The van der Waals surface area contributed by atoms with Crippen molar-refractivity contribution in [3.05, 3.63) is 35.9 Å². The molecule has 6 nitrogen and oxygen atoms in total. The van der Waals surface area contributed by atoms with Gasteiger partial charge in [-0.05, 0) is 51.1 Å². The van der Waals surface area contributed by atoms with Gasteiger partial charge in [-0.2, -0.15) is 0 Å². The second kappa shape index (κ2) is 13.3. The summed E-state index contributed by atoms with van der Waals surface area (Å²) in [6.07, 6.45) is 4.81. The molecular weight excluding hydrogens is 356 g/mol. The average molecular weight is 391 g/mol. The molecule has 0 aliphatic carbocycles. The molecule has 0 radical (unpaired) electrons. The molecule has 1 aliphatic rings. The van der Waals surface area contributed by atoms with Gasteiger partial charge < -0.3 is 14.3 Å². The van der Waals surface area contributed by atoms with E-state index in [-0.39, 0.29) is 11.9 Å². The molecule has 1 unspecified atom stereocenters. The highest BCUT2D eigenvalue weighted by atomic mass is 16.6. The standard InChI is InChI=1S/C22H34N2O4/c1-3-27-22(25)20-12-9-14-24(18-20)15-17-28-23-21(13-7-8-16-26-2)19-10-5-4-6-11-19/h4-6,10-11,20H,3,7-9,12-18H2,1-2H3. The largest absolute Gasteiger partial charge is 0.466 e. The van der Waals surface area contributed by atoms with Gasteiger partial charge in [0.15, 0.2) is 0 Å². The van der Waals surface area contributed by atoms with Crippen molar-refractivity contribution in [2.24, 2.45) is 11.1 Å². The van der Waals surface area contributed by atoms with E-state index in [4.69, 9.17) is 14.3 Å². The highest BCUT2D eigenvalue weighted by Crippen LogP contribution is 2.17. The Balaban J connectivity index is 1.81. The van der Waals surface area contributed by atoms with Gasteiger partial charge in [-0.3, -0.25) is 9.69 Å². The number of likely N-dealkylation sites (tertiary alicyclic amines) is 1. The summed E-state index contributed by atoms with van der Waals surface area (Å²) in [5.41, 5.74) is 2.07. The van der Waals surface area contributed by atoms with Crippen LogP contribution in [-0.4, -0.2) is 63.1 Å². The number of hydrogen-bond donors (Lipinski definition) is 0. The Kier molecular flexibility index (Phi) is 10.6. The van der Waals surface area contributed by atoms with Crippen molar-refractivity contribution >= 4 is 11.7 Å². The molecule has 0 bridgehead atoms. The summed E-state index contributed by atoms with van der Waals surface area (Å²) in [4.78, 5) is 19.9. The Bertz CT molecular complexity index is 591. The zero-order chi connectivity index (χ0) is 20.0. The van der Waals surface area contributed by atoms with E-state index in [2.05, 4.69) is 22.2 Å². The highest BCUT2D eigenvalue weighted by Gasteiger charge is 2.26. The van der Waals surface area contributed by atoms with Crippen LogP contribution < -0.4 is 0 Å². The molecule has 0 saturated carbocycles. The first-order chi connectivity index (χ1) is 13.7. The van der Waals surface area contributed by atoms with Gasteiger partial charge in [-0.15, -0.1) is 0 Å². The molecule has 0 amide bonds. The van der Waals surface area contributed by atoms with Crippen molar-refractivity contribution in [3.8, 4) is 0 Å². The van der Waals surface area contributed by atoms with Crippen LogP contribution in [-0.2, 0) is 19.1 Å². The normalized spacial score (nSPS) is 18.1. The molecule has 156 valence electrons. The van der Waals surface area contributed by atoms with E-state index in [9.17, 15) is 4.79 Å². The Labute approximate surface area is 168 Å². The number of hydrogen-bond acceptors (Lipinski definition) is 6. The SMILES string of the molecule is CCOC(=O)C1CCCN(CCON=C(CCCCOC)c2ccccc2)C1. The molecule has 0 aromatic heterocycles. The van der Waals surface area contributed by atoms with E-state index in [0.717, 1.165) is 69.6 Å². The van der Waals surface area contributed by atoms with Gasteiger partial charge in [-0.25, -0.2) is 0 Å². The first-order valence-corrected chi connectivity index (χ1v) is 10.4. The number of oxime groups is 1. The predicted molar refractivity (Wildman–Crippen MR) is 110 cm³/mol. The number of ether oxygens (including phenoxy) is 2. The third-order valence-electron chi connectivity index (χ3n) is 4.92. The third-order valence-corrected chi connectivity index (χ3v) is 4.92. The minimum Gasteiger partial charge on any atom is -0.466 e. The van der Waals surface area contributed by atoms with E-state index in [1.165, 1.54) is 0 Å². The van der Waals surface area contributed by atoms with Crippen LogP contribution in [0, 0.1) is 5.92 Å². The smallest absolute Gasteiger partial charge is 0.310 e. The van der Waals surface area contributed by atoms with Crippen molar-refractivity contribution in [3.63, 3.8) is 0 Å². The van der Waals surface area contributed by atoms with Crippen LogP contribution in [0.3, 0.4) is 0 Å². The highest BCUT2D eigenvalue weighted by molar-refractivity contribution is 6.00. The quantitative estimate of drug-likeness (QED) is 0.237. The zero-order valence-corrected chi connectivity index (χ0v) is 17.3. The molecule has 0 N–H and O–H groups in total. The summed E-state index contributed by atoms with van der Waals surface area (Å²) >= 11 is 0. The number of nitrogens with zero attached hydrogens (tertiary/aromatic N) is 2. The fraction of sp³-hybridized carbons (Fsp3) is 0.636. The van der Waals surface area contributed by atoms with Crippen LogP contribution in [0.1, 0.15) is 44.6 Å². The maximum absolute atomic E-state index is 12.0. The maximum Gasteiger partial charge on any atom is 0.310 e. The van der Waals surface area contributed by atoms with Crippen LogP contribution in [0.4, 0.5) is 0 Å². The van der Waals surface area contributed by atoms with Gasteiger partial charge in [0.05, 0.1) is 18.2 Å². The van der Waals surface area contributed by atoms with Gasteiger partial charge in [0.2, 0.25) is 0 Å². The van der Waals surface area contributed by atoms with Gasteiger partial charge in [0.25, 0.3) is 0 Å². The Hall–Kier alpha value is -1.92. The minimum atomic E-state index is -0.0754. The monoisotopic (exact) mass is 390 g/mol. The van der Waals surface area contributed by atoms with Crippen LogP contribution in [0.15, 0.2) is 35.5 Å². The summed E-state index contributed by atoms with van der Waals surface area (Å²) in [7, 11) is 1.72. The lowest BCUT2D eigenvalue weighted by molar-refractivity contribution is -0.150. The van der Waals surface area contributed by atoms with E-state index >= 15 is 0 Å². The predicted octanol–water partition coefficient (Wildman–Crippen LogP) is 3.50. The van der Waals surface area contributed by atoms with E-state index in [1.54, 1.807) is 7.11 Å². The Morgan fingerprint density at radius 3 is 2.79 bits per heavy atom. The van der Waals surface area contributed by atoms with Gasteiger partial charge in [0, 0.05) is 26.8 Å². The average Bonchev–Trinajstić information content (AvgIpc) is 2.73. The van der Waals surface area contributed by atoms with Crippen LogP contribution >= 0.6 is 0 Å². The number of unbranched alkanes of at least 4 members (excludes halogenated alkanes) is 1. The molecule has 6 heteroatoms. The van der Waals surface area contributed by atoms with Crippen LogP contribution in [0.25, 0.3) is 0 Å². The molecule has 1 aromatic carbocycles. The molecule has 1 aliphatic heterocycles. The molecule has 1 atom stereocenters. The molecule has 1 heterocycles. The first kappa shape index (κ1) is 22.4. The molecular formula is C22H34N2O4. The topological polar surface area (TPSA) is 60.4 Å². The van der Waals surface area contributed by atoms with Gasteiger partial charge in [-0.1, -0.05) is 35.5 Å². The van der Waals surface area contributed by atoms with Crippen molar-refractivity contribution in [2.45, 2.75) is 39.0 Å². The van der Waals surface area contributed by atoms with E-state index < -0.39 is 0 Å². The fourth-order valence-electron chi connectivity index (χ4n) is 3.42. The summed E-state index contributed by atoms with van der Waals surface area (Å²) in [5.74, 6) is -0.0913. The van der Waals surface area contributed by atoms with Crippen molar-refractivity contribution in [1.29, 1.82) is 0 Å². The van der Waals surface area contributed by atoms with E-state index in [1.807, 2.05) is 25.1 Å². The number of carbonyl (C=O) groups is 1. The second-order valence-electron chi connectivity index (χ2n) is 7.08. The third kappa shape index (κ3) is 7.98. The van der Waals surface area contributed by atoms with Crippen molar-refractivity contribution in [2.75, 3.05) is 46.6 Å². The van der Waals surface area contributed by atoms with Gasteiger partial charge >= 0.3 is 5.97 Å². The Morgan fingerprint density at radius 1 is 1.21 bits per heavy atom. The van der Waals surface area contributed by atoms with Crippen molar-refractivity contribution < 1.29 is 19.1 Å². The summed E-state index contributed by atoms with van der Waals surface area (Å²) in [6, 6.07) is 10.2. The van der Waals surface area contributed by atoms with Crippen LogP contribution in [0.5, 0.6) is 0 Å². The second-order valence-corrected chi connectivity index (χ2v) is 7.08. The fourth-order valence-corrected chi connectivity index (χ4v) is 3.42. The van der Waals surface area contributed by atoms with Crippen molar-refractivity contribution in [1.82, 2.24) is 4.90 Å². The summed E-state index contributed by atoms with van der Waals surface area (Å²) < 4.78 is 10.3. The van der Waals surface area contributed by atoms with Crippen LogP contribution in [0.2, 0.25) is 0 Å². The molecule has 1 aromatic rings. The molecule has 0 spiro atoms. The summed E-state index contributed by atoms with van der Waals surface area (Å²) in [5, 5.41) is 4.42. The Morgan fingerprint density at radius 2 is 2.04 bits per heavy atom. The van der Waals surface area contributed by atoms with Gasteiger partial charge in [0.1, 0.15) is 6.61 Å². The number of carbonyl (C=O) groups excluding carboxylic acids is 1. The molecule has 2 rings (SSSR count). The molecule has 1 fully saturated rings.